The number of benzene rings is 1. The van der Waals surface area contributed by atoms with Gasteiger partial charge in [-0.25, -0.2) is 4.79 Å². The second-order valence-electron chi connectivity index (χ2n) is 8.70. The quantitative estimate of drug-likeness (QED) is 0.867. The molecule has 0 unspecified atom stereocenters. The number of hydrogen-bond donors (Lipinski definition) is 1. The average molecular weight is 356 g/mol. The molecule has 4 rings (SSSR count). The van der Waals surface area contributed by atoms with Gasteiger partial charge in [-0.05, 0) is 63.6 Å². The van der Waals surface area contributed by atoms with Crippen molar-refractivity contribution in [3.63, 3.8) is 0 Å². The van der Waals surface area contributed by atoms with Crippen molar-refractivity contribution < 1.29 is 4.79 Å². The molecule has 1 aliphatic heterocycles. The van der Waals surface area contributed by atoms with E-state index in [1.807, 2.05) is 0 Å². The van der Waals surface area contributed by atoms with E-state index in [-0.39, 0.29) is 17.1 Å². The van der Waals surface area contributed by atoms with Crippen molar-refractivity contribution in [1.29, 1.82) is 0 Å². The van der Waals surface area contributed by atoms with Gasteiger partial charge in [-0.15, -0.1) is 0 Å². The van der Waals surface area contributed by atoms with Gasteiger partial charge in [-0.3, -0.25) is 4.90 Å². The van der Waals surface area contributed by atoms with Gasteiger partial charge in [0.2, 0.25) is 0 Å². The maximum atomic E-state index is 12.5. The molecule has 142 valence electrons. The van der Waals surface area contributed by atoms with Crippen molar-refractivity contribution >= 4 is 6.03 Å². The van der Waals surface area contributed by atoms with Crippen LogP contribution in [0.15, 0.2) is 30.3 Å². The van der Waals surface area contributed by atoms with Crippen LogP contribution in [0, 0.1) is 5.92 Å². The van der Waals surface area contributed by atoms with Crippen LogP contribution in [0.2, 0.25) is 0 Å². The molecule has 26 heavy (non-hydrogen) atoms. The lowest BCUT2D eigenvalue weighted by atomic mass is 9.68. The van der Waals surface area contributed by atoms with Crippen molar-refractivity contribution in [3.05, 3.63) is 35.9 Å². The number of urea groups is 1. The zero-order valence-electron chi connectivity index (χ0n) is 16.3. The number of nitrogens with one attached hydrogen (secondary N) is 1. The largest absolute Gasteiger partial charge is 0.336 e. The fourth-order valence-corrected chi connectivity index (χ4v) is 5.37. The van der Waals surface area contributed by atoms with Crippen LogP contribution in [0.25, 0.3) is 0 Å². The lowest BCUT2D eigenvalue weighted by molar-refractivity contribution is 0.00814. The first-order valence-corrected chi connectivity index (χ1v) is 10.4. The van der Waals surface area contributed by atoms with Crippen LogP contribution < -0.4 is 5.32 Å². The van der Waals surface area contributed by atoms with E-state index in [1.165, 1.54) is 24.8 Å². The Morgan fingerprint density at radius 1 is 1.15 bits per heavy atom. The molecule has 2 saturated carbocycles. The first kappa shape index (κ1) is 17.8. The van der Waals surface area contributed by atoms with Gasteiger partial charge < -0.3 is 10.2 Å². The van der Waals surface area contributed by atoms with Gasteiger partial charge in [0.25, 0.3) is 0 Å². The highest BCUT2D eigenvalue weighted by Gasteiger charge is 2.52. The zero-order chi connectivity index (χ0) is 18.2. The Balaban J connectivity index is 1.56. The van der Waals surface area contributed by atoms with E-state index in [0.29, 0.717) is 0 Å². The number of nitrogens with zero attached hydrogens (tertiary/aromatic N) is 2. The van der Waals surface area contributed by atoms with E-state index in [1.54, 1.807) is 0 Å². The minimum atomic E-state index is 0.0412. The van der Waals surface area contributed by atoms with E-state index >= 15 is 0 Å². The highest BCUT2D eigenvalue weighted by molar-refractivity contribution is 5.78. The summed E-state index contributed by atoms with van der Waals surface area (Å²) in [5, 5.41) is 3.17. The van der Waals surface area contributed by atoms with Gasteiger partial charge in [0, 0.05) is 18.6 Å². The van der Waals surface area contributed by atoms with Crippen molar-refractivity contribution in [2.45, 2.75) is 62.9 Å². The summed E-state index contributed by atoms with van der Waals surface area (Å²) < 4.78 is 0. The van der Waals surface area contributed by atoms with Crippen molar-refractivity contribution in [2.75, 3.05) is 26.7 Å². The Labute approximate surface area is 157 Å². The number of carbonyl (C=O) groups is 1. The van der Waals surface area contributed by atoms with Gasteiger partial charge in [-0.1, -0.05) is 43.7 Å². The fraction of sp³-hybridized carbons (Fsp3) is 0.682. The van der Waals surface area contributed by atoms with E-state index in [2.05, 4.69) is 59.4 Å². The number of amides is 2. The molecule has 3 aliphatic rings. The molecular formula is C22H33N3O. The normalized spacial score (nSPS) is 32.1. The fourth-order valence-electron chi connectivity index (χ4n) is 5.37. The molecule has 0 atom stereocenters. The highest BCUT2D eigenvalue weighted by atomic mass is 16.2. The molecule has 1 saturated heterocycles. The summed E-state index contributed by atoms with van der Waals surface area (Å²) in [5.41, 5.74) is 1.58. The molecule has 1 spiro atoms. The van der Waals surface area contributed by atoms with E-state index < -0.39 is 0 Å². The van der Waals surface area contributed by atoms with Crippen LogP contribution in [0.5, 0.6) is 0 Å². The zero-order valence-corrected chi connectivity index (χ0v) is 16.3. The predicted molar refractivity (Wildman–Crippen MR) is 105 cm³/mol. The van der Waals surface area contributed by atoms with Gasteiger partial charge in [0.05, 0.1) is 5.54 Å². The molecule has 1 aromatic carbocycles. The third-order valence-electron chi connectivity index (χ3n) is 7.58. The monoisotopic (exact) mass is 355 g/mol. The van der Waals surface area contributed by atoms with Crippen LogP contribution >= 0.6 is 0 Å². The minimum absolute atomic E-state index is 0.0412. The lowest BCUT2D eigenvalue weighted by Crippen LogP contribution is -2.57. The molecular weight excluding hydrogens is 322 g/mol. The summed E-state index contributed by atoms with van der Waals surface area (Å²) >= 11 is 0. The summed E-state index contributed by atoms with van der Waals surface area (Å²) in [5.74, 6) is 0.731. The first-order chi connectivity index (χ1) is 12.6. The maximum absolute atomic E-state index is 12.5. The highest BCUT2D eigenvalue weighted by Crippen LogP contribution is 2.48. The summed E-state index contributed by atoms with van der Waals surface area (Å²) in [6.45, 7) is 5.09. The Bertz CT molecular complexity index is 632. The Hall–Kier alpha value is -1.55. The topological polar surface area (TPSA) is 35.6 Å². The standard InChI is InChI=1S/C22H33N3O/c1-3-24(2)22(19-10-5-4-6-11-19)14-12-21(13-15-22)17-23-20(26)25(21)16-18-8-7-9-18/h4-6,10-11,18H,3,7-9,12-17H2,1-2H3,(H,23,26). The predicted octanol–water partition coefficient (Wildman–Crippen LogP) is 3.97. The third-order valence-corrected chi connectivity index (χ3v) is 7.58. The molecule has 0 aromatic heterocycles. The van der Waals surface area contributed by atoms with Gasteiger partial charge in [-0.2, -0.15) is 0 Å². The third kappa shape index (κ3) is 2.83. The lowest BCUT2D eigenvalue weighted by Gasteiger charge is -2.52. The van der Waals surface area contributed by atoms with Crippen molar-refractivity contribution in [1.82, 2.24) is 15.1 Å². The Morgan fingerprint density at radius 3 is 2.42 bits per heavy atom. The SMILES string of the molecule is CCN(C)C1(c2ccccc2)CCC2(CC1)CNC(=O)N2CC1CCC1. The van der Waals surface area contributed by atoms with Crippen LogP contribution in [-0.2, 0) is 5.54 Å². The average Bonchev–Trinajstić information content (AvgIpc) is 2.95. The molecule has 3 fully saturated rings. The summed E-state index contributed by atoms with van der Waals surface area (Å²) in [4.78, 5) is 17.3. The van der Waals surface area contributed by atoms with Gasteiger partial charge in [0.15, 0.2) is 0 Å². The minimum Gasteiger partial charge on any atom is -0.336 e. The van der Waals surface area contributed by atoms with Crippen molar-refractivity contribution in [3.8, 4) is 0 Å². The van der Waals surface area contributed by atoms with Crippen LogP contribution in [0.1, 0.15) is 57.4 Å². The van der Waals surface area contributed by atoms with Crippen LogP contribution in [-0.4, -0.2) is 48.1 Å². The Kier molecular flexibility index (Phi) is 4.72. The molecule has 0 bridgehead atoms. The molecule has 1 heterocycles. The smallest absolute Gasteiger partial charge is 0.318 e. The first-order valence-electron chi connectivity index (χ1n) is 10.4. The maximum Gasteiger partial charge on any atom is 0.318 e. The number of rotatable bonds is 5. The summed E-state index contributed by atoms with van der Waals surface area (Å²) in [6.07, 6.45) is 8.37. The molecule has 4 heteroatoms. The van der Waals surface area contributed by atoms with Crippen molar-refractivity contribution in [2.24, 2.45) is 5.92 Å². The van der Waals surface area contributed by atoms with E-state index in [9.17, 15) is 4.79 Å². The van der Waals surface area contributed by atoms with Gasteiger partial charge >= 0.3 is 6.03 Å². The summed E-state index contributed by atoms with van der Waals surface area (Å²) in [6, 6.07) is 11.2. The molecule has 0 radical (unpaired) electrons. The Morgan fingerprint density at radius 2 is 1.85 bits per heavy atom. The van der Waals surface area contributed by atoms with Crippen LogP contribution in [0.4, 0.5) is 4.79 Å². The number of hydrogen-bond acceptors (Lipinski definition) is 2. The molecule has 2 aliphatic carbocycles. The summed E-state index contributed by atoms with van der Waals surface area (Å²) in [7, 11) is 2.26. The molecule has 1 aromatic rings. The second kappa shape index (κ2) is 6.88. The van der Waals surface area contributed by atoms with E-state index in [4.69, 9.17) is 0 Å². The van der Waals surface area contributed by atoms with E-state index in [0.717, 1.165) is 51.2 Å². The van der Waals surface area contributed by atoms with Gasteiger partial charge in [0.1, 0.15) is 0 Å². The molecule has 2 amide bonds. The van der Waals surface area contributed by atoms with Crippen LogP contribution in [0.3, 0.4) is 0 Å². The molecule has 1 N–H and O–H groups in total. The second-order valence-corrected chi connectivity index (χ2v) is 8.70. The number of carbonyl (C=O) groups excluding carboxylic acids is 1. The molecule has 4 nitrogen and oxygen atoms in total.